The molecule has 0 aromatic carbocycles. The number of nitrogens with one attached hydrogen (secondary N) is 1. The van der Waals surface area contributed by atoms with Crippen LogP contribution in [0.4, 0.5) is 0 Å². The number of thiophene rings is 1. The summed E-state index contributed by atoms with van der Waals surface area (Å²) in [5.74, 6) is 0. The predicted molar refractivity (Wildman–Crippen MR) is 62.1 cm³/mol. The minimum absolute atomic E-state index is 0.220. The average Bonchev–Trinajstić information content (AvgIpc) is 2.61. The van der Waals surface area contributed by atoms with E-state index in [9.17, 15) is 0 Å². The van der Waals surface area contributed by atoms with E-state index in [1.54, 1.807) is 0 Å². The SMILES string of the molecule is C[C@H]1CC(NCCO)c2ccsc2S1. The van der Waals surface area contributed by atoms with Gasteiger partial charge in [-0.1, -0.05) is 6.92 Å². The van der Waals surface area contributed by atoms with Crippen molar-refractivity contribution >= 4 is 23.1 Å². The molecule has 2 N–H and O–H groups in total. The maximum atomic E-state index is 8.80. The zero-order valence-electron chi connectivity index (χ0n) is 8.19. The van der Waals surface area contributed by atoms with Gasteiger partial charge in [0.25, 0.3) is 0 Å². The number of thioether (sulfide) groups is 1. The highest BCUT2D eigenvalue weighted by atomic mass is 32.2. The molecule has 78 valence electrons. The molecule has 0 radical (unpaired) electrons. The molecule has 0 bridgehead atoms. The van der Waals surface area contributed by atoms with Crippen LogP contribution in [0.2, 0.25) is 0 Å². The van der Waals surface area contributed by atoms with Crippen LogP contribution in [-0.4, -0.2) is 23.5 Å². The Bertz CT molecular complexity index is 300. The van der Waals surface area contributed by atoms with Crippen molar-refractivity contribution in [2.45, 2.75) is 28.8 Å². The Labute approximate surface area is 92.7 Å². The lowest BCUT2D eigenvalue weighted by atomic mass is 10.1. The molecular formula is C10H15NOS2. The lowest BCUT2D eigenvalue weighted by Gasteiger charge is -2.27. The zero-order valence-corrected chi connectivity index (χ0v) is 9.83. The maximum Gasteiger partial charge on any atom is 0.0649 e. The maximum absolute atomic E-state index is 8.80. The number of aliphatic hydroxyl groups is 1. The Kier molecular flexibility index (Phi) is 3.49. The van der Waals surface area contributed by atoms with Gasteiger partial charge in [0.1, 0.15) is 0 Å². The largest absolute Gasteiger partial charge is 0.395 e. The van der Waals surface area contributed by atoms with Gasteiger partial charge in [0.05, 0.1) is 10.8 Å². The molecule has 0 aliphatic carbocycles. The van der Waals surface area contributed by atoms with Crippen LogP contribution < -0.4 is 5.32 Å². The average molecular weight is 229 g/mol. The molecule has 14 heavy (non-hydrogen) atoms. The fourth-order valence-corrected chi connectivity index (χ4v) is 4.35. The summed E-state index contributed by atoms with van der Waals surface area (Å²) in [5, 5.41) is 15.0. The van der Waals surface area contributed by atoms with Gasteiger partial charge in [-0.3, -0.25) is 0 Å². The number of aliphatic hydroxyl groups excluding tert-OH is 1. The topological polar surface area (TPSA) is 32.3 Å². The molecule has 0 saturated heterocycles. The van der Waals surface area contributed by atoms with Crippen molar-refractivity contribution in [3.8, 4) is 0 Å². The number of rotatable bonds is 3. The Balaban J connectivity index is 2.11. The Morgan fingerprint density at radius 1 is 1.64 bits per heavy atom. The van der Waals surface area contributed by atoms with E-state index in [4.69, 9.17) is 5.11 Å². The molecule has 1 aromatic rings. The number of hydrogen-bond acceptors (Lipinski definition) is 4. The van der Waals surface area contributed by atoms with Crippen LogP contribution in [0.3, 0.4) is 0 Å². The highest BCUT2D eigenvalue weighted by molar-refractivity contribution is 8.01. The van der Waals surface area contributed by atoms with Crippen LogP contribution >= 0.6 is 23.1 Å². The van der Waals surface area contributed by atoms with Crippen LogP contribution in [0.15, 0.2) is 15.7 Å². The minimum atomic E-state index is 0.220. The second-order valence-electron chi connectivity index (χ2n) is 3.56. The van der Waals surface area contributed by atoms with Crippen LogP contribution in [0.5, 0.6) is 0 Å². The van der Waals surface area contributed by atoms with E-state index >= 15 is 0 Å². The van der Waals surface area contributed by atoms with E-state index in [0.29, 0.717) is 17.8 Å². The fraction of sp³-hybridized carbons (Fsp3) is 0.600. The molecular weight excluding hydrogens is 214 g/mol. The summed E-state index contributed by atoms with van der Waals surface area (Å²) in [6, 6.07) is 2.65. The number of fused-ring (bicyclic) bond motifs is 1. The second kappa shape index (κ2) is 4.66. The van der Waals surface area contributed by atoms with Gasteiger partial charge in [-0.15, -0.1) is 23.1 Å². The van der Waals surface area contributed by atoms with Crippen LogP contribution in [0.25, 0.3) is 0 Å². The van der Waals surface area contributed by atoms with Crippen molar-refractivity contribution in [2.24, 2.45) is 0 Å². The van der Waals surface area contributed by atoms with E-state index in [0.717, 1.165) is 6.42 Å². The smallest absolute Gasteiger partial charge is 0.0649 e. The quantitative estimate of drug-likeness (QED) is 0.834. The highest BCUT2D eigenvalue weighted by Gasteiger charge is 2.25. The van der Waals surface area contributed by atoms with Crippen LogP contribution in [-0.2, 0) is 0 Å². The van der Waals surface area contributed by atoms with Crippen LogP contribution in [0.1, 0.15) is 24.9 Å². The lowest BCUT2D eigenvalue weighted by molar-refractivity contribution is 0.282. The molecule has 4 heteroatoms. The van der Waals surface area contributed by atoms with Gasteiger partial charge >= 0.3 is 0 Å². The first-order valence-electron chi connectivity index (χ1n) is 4.89. The van der Waals surface area contributed by atoms with Crippen molar-refractivity contribution in [3.63, 3.8) is 0 Å². The second-order valence-corrected chi connectivity index (χ2v) is 6.18. The van der Waals surface area contributed by atoms with E-state index < -0.39 is 0 Å². The third kappa shape index (κ3) is 2.14. The summed E-state index contributed by atoms with van der Waals surface area (Å²) in [6.07, 6.45) is 1.16. The van der Waals surface area contributed by atoms with Crippen molar-refractivity contribution in [2.75, 3.05) is 13.2 Å². The summed E-state index contributed by atoms with van der Waals surface area (Å²) < 4.78 is 1.44. The minimum Gasteiger partial charge on any atom is -0.395 e. The fourth-order valence-electron chi connectivity index (χ4n) is 1.78. The Morgan fingerprint density at radius 2 is 2.50 bits per heavy atom. The van der Waals surface area contributed by atoms with Crippen molar-refractivity contribution in [1.82, 2.24) is 5.32 Å². The molecule has 1 aliphatic heterocycles. The van der Waals surface area contributed by atoms with Gasteiger partial charge in [-0.25, -0.2) is 0 Å². The predicted octanol–water partition coefficient (Wildman–Crippen LogP) is 2.26. The molecule has 1 aliphatic rings. The lowest BCUT2D eigenvalue weighted by Crippen LogP contribution is -2.28. The van der Waals surface area contributed by atoms with Gasteiger partial charge in [-0.05, 0) is 23.4 Å². The van der Waals surface area contributed by atoms with E-state index in [-0.39, 0.29) is 6.61 Å². The van der Waals surface area contributed by atoms with E-state index in [2.05, 4.69) is 23.7 Å². The molecule has 1 aromatic heterocycles. The third-order valence-corrected chi connectivity index (χ3v) is 4.76. The highest BCUT2D eigenvalue weighted by Crippen LogP contribution is 2.43. The summed E-state index contributed by atoms with van der Waals surface area (Å²) >= 11 is 3.80. The van der Waals surface area contributed by atoms with Crippen molar-refractivity contribution in [1.29, 1.82) is 0 Å². The number of hydrogen-bond donors (Lipinski definition) is 2. The molecule has 0 amide bonds. The van der Waals surface area contributed by atoms with Gasteiger partial charge in [-0.2, -0.15) is 0 Å². The molecule has 0 spiro atoms. The molecule has 0 saturated carbocycles. The molecule has 0 fully saturated rings. The van der Waals surface area contributed by atoms with E-state index in [1.807, 2.05) is 23.1 Å². The third-order valence-electron chi connectivity index (χ3n) is 2.41. The Morgan fingerprint density at radius 3 is 3.29 bits per heavy atom. The first-order chi connectivity index (χ1) is 6.81. The molecule has 2 rings (SSSR count). The van der Waals surface area contributed by atoms with Gasteiger partial charge in [0.2, 0.25) is 0 Å². The summed E-state index contributed by atoms with van der Waals surface area (Å²) in [4.78, 5) is 0. The summed E-state index contributed by atoms with van der Waals surface area (Å²) in [6.45, 7) is 3.18. The van der Waals surface area contributed by atoms with Gasteiger partial charge in [0, 0.05) is 17.8 Å². The molecule has 2 heterocycles. The van der Waals surface area contributed by atoms with Crippen molar-refractivity contribution in [3.05, 3.63) is 17.0 Å². The first kappa shape index (κ1) is 10.5. The van der Waals surface area contributed by atoms with Crippen molar-refractivity contribution < 1.29 is 5.11 Å². The van der Waals surface area contributed by atoms with Crippen LogP contribution in [0, 0.1) is 0 Å². The monoisotopic (exact) mass is 229 g/mol. The molecule has 1 unspecified atom stereocenters. The standard InChI is InChI=1S/C10H15NOS2/c1-7-6-9(11-3-4-12)8-2-5-13-10(8)14-7/h2,5,7,9,11-12H,3-4,6H2,1H3/t7-,9?/m0/s1. The van der Waals surface area contributed by atoms with Gasteiger partial charge < -0.3 is 10.4 Å². The Hall–Kier alpha value is -0.0300. The first-order valence-corrected chi connectivity index (χ1v) is 6.65. The summed E-state index contributed by atoms with van der Waals surface area (Å²) in [5.41, 5.74) is 1.42. The normalized spacial score (nSPS) is 26.1. The zero-order chi connectivity index (χ0) is 9.97. The molecule has 2 atom stereocenters. The molecule has 2 nitrogen and oxygen atoms in total. The summed E-state index contributed by atoms with van der Waals surface area (Å²) in [7, 11) is 0. The van der Waals surface area contributed by atoms with Gasteiger partial charge in [0.15, 0.2) is 0 Å². The van der Waals surface area contributed by atoms with E-state index in [1.165, 1.54) is 9.77 Å².